The van der Waals surface area contributed by atoms with Crippen molar-refractivity contribution in [2.24, 2.45) is 0 Å². The monoisotopic (exact) mass is 465 g/mol. The number of aryl methyl sites for hydroxylation is 1. The number of nitrogens with one attached hydrogen (secondary N) is 2. The topological polar surface area (TPSA) is 101 Å². The van der Waals surface area contributed by atoms with Crippen LogP contribution in [-0.2, 0) is 16.1 Å². The molecule has 1 aliphatic heterocycles. The Morgan fingerprint density at radius 2 is 1.85 bits per heavy atom. The van der Waals surface area contributed by atoms with Crippen LogP contribution >= 0.6 is 11.6 Å². The predicted octanol–water partition coefficient (Wildman–Crippen LogP) is 3.96. The standard InChI is InChI=1S/C24H20ClN3O5/c1-14-5-10-19(32-2)18(12-14)28-23(30)20(25)21(24(28)31)27-16-8-6-15(7-9-16)22(29)26-13-17-4-3-11-33-17/h3-12,27H,13H2,1-2H3,(H,26,29). The molecule has 0 saturated heterocycles. The lowest BCUT2D eigenvalue weighted by Gasteiger charge is -2.18. The Bertz CT molecular complexity index is 1250. The fraction of sp³-hybridized carbons (Fsp3) is 0.125. The Morgan fingerprint density at radius 1 is 1.09 bits per heavy atom. The molecule has 168 valence electrons. The van der Waals surface area contributed by atoms with Gasteiger partial charge in [0.15, 0.2) is 0 Å². The van der Waals surface area contributed by atoms with Gasteiger partial charge in [-0.1, -0.05) is 17.7 Å². The highest BCUT2D eigenvalue weighted by Crippen LogP contribution is 2.36. The Labute approximate surface area is 194 Å². The van der Waals surface area contributed by atoms with Gasteiger partial charge in [-0.3, -0.25) is 14.4 Å². The maximum atomic E-state index is 13.1. The lowest BCUT2D eigenvalue weighted by molar-refractivity contribution is -0.120. The molecule has 0 spiro atoms. The number of imide groups is 1. The number of anilines is 2. The van der Waals surface area contributed by atoms with Crippen molar-refractivity contribution in [3.05, 3.63) is 88.5 Å². The first kappa shape index (κ1) is 22.2. The van der Waals surface area contributed by atoms with E-state index >= 15 is 0 Å². The summed E-state index contributed by atoms with van der Waals surface area (Å²) in [6.45, 7) is 2.11. The van der Waals surface area contributed by atoms with E-state index in [1.807, 2.05) is 13.0 Å². The van der Waals surface area contributed by atoms with E-state index in [2.05, 4.69) is 10.6 Å². The molecule has 1 aromatic heterocycles. The normalized spacial score (nSPS) is 13.5. The van der Waals surface area contributed by atoms with E-state index in [-0.39, 0.29) is 23.2 Å². The number of furan rings is 1. The van der Waals surface area contributed by atoms with Gasteiger partial charge < -0.3 is 19.8 Å². The molecule has 3 amide bonds. The van der Waals surface area contributed by atoms with Gasteiger partial charge in [0.25, 0.3) is 17.7 Å². The van der Waals surface area contributed by atoms with Crippen molar-refractivity contribution in [3.8, 4) is 5.75 Å². The molecular weight excluding hydrogens is 446 g/mol. The van der Waals surface area contributed by atoms with E-state index < -0.39 is 11.8 Å². The molecule has 1 aliphatic rings. The zero-order valence-corrected chi connectivity index (χ0v) is 18.6. The van der Waals surface area contributed by atoms with E-state index in [4.69, 9.17) is 20.8 Å². The number of amides is 3. The molecule has 0 fully saturated rings. The average Bonchev–Trinajstić information content (AvgIpc) is 3.41. The van der Waals surface area contributed by atoms with Gasteiger partial charge in [-0.15, -0.1) is 0 Å². The maximum absolute atomic E-state index is 13.1. The fourth-order valence-corrected chi connectivity index (χ4v) is 3.55. The molecule has 2 heterocycles. The zero-order chi connectivity index (χ0) is 23.5. The number of hydrogen-bond donors (Lipinski definition) is 2. The van der Waals surface area contributed by atoms with Crippen LogP contribution in [0.3, 0.4) is 0 Å². The number of carbonyl (C=O) groups excluding carboxylic acids is 3. The molecule has 4 rings (SSSR count). The van der Waals surface area contributed by atoms with Gasteiger partial charge in [0.05, 0.1) is 25.6 Å². The molecule has 0 unspecified atom stereocenters. The molecule has 3 aromatic rings. The third kappa shape index (κ3) is 4.47. The van der Waals surface area contributed by atoms with Crippen LogP contribution in [0.15, 0.2) is 76.0 Å². The van der Waals surface area contributed by atoms with Gasteiger partial charge in [0.1, 0.15) is 22.2 Å². The van der Waals surface area contributed by atoms with Crippen LogP contribution < -0.4 is 20.3 Å². The fourth-order valence-electron chi connectivity index (χ4n) is 3.34. The highest BCUT2D eigenvalue weighted by molar-refractivity contribution is 6.53. The summed E-state index contributed by atoms with van der Waals surface area (Å²) in [7, 11) is 1.46. The molecule has 0 radical (unpaired) electrons. The van der Waals surface area contributed by atoms with E-state index in [1.165, 1.54) is 13.4 Å². The van der Waals surface area contributed by atoms with Crippen LogP contribution in [0.25, 0.3) is 0 Å². The second kappa shape index (κ2) is 9.22. The third-order valence-corrected chi connectivity index (χ3v) is 5.37. The SMILES string of the molecule is COc1ccc(C)cc1N1C(=O)C(Cl)=C(Nc2ccc(C(=O)NCc3ccco3)cc2)C1=O. The summed E-state index contributed by atoms with van der Waals surface area (Å²) >= 11 is 6.22. The quantitative estimate of drug-likeness (QED) is 0.512. The summed E-state index contributed by atoms with van der Waals surface area (Å²) in [6.07, 6.45) is 1.53. The van der Waals surface area contributed by atoms with Crippen molar-refractivity contribution in [1.82, 2.24) is 5.32 Å². The molecule has 2 N–H and O–H groups in total. The van der Waals surface area contributed by atoms with Crippen LogP contribution in [0.1, 0.15) is 21.7 Å². The van der Waals surface area contributed by atoms with Crippen LogP contribution in [0.4, 0.5) is 11.4 Å². The minimum absolute atomic E-state index is 0.0553. The van der Waals surface area contributed by atoms with Crippen LogP contribution in [-0.4, -0.2) is 24.8 Å². The Balaban J connectivity index is 1.48. The molecule has 0 aliphatic carbocycles. The highest BCUT2D eigenvalue weighted by atomic mass is 35.5. The van der Waals surface area contributed by atoms with E-state index in [0.717, 1.165) is 10.5 Å². The predicted molar refractivity (Wildman–Crippen MR) is 123 cm³/mol. The number of ether oxygens (including phenoxy) is 1. The third-order valence-electron chi connectivity index (χ3n) is 5.02. The molecule has 9 heteroatoms. The molecular formula is C24H20ClN3O5. The number of halogens is 1. The van der Waals surface area contributed by atoms with Crippen LogP contribution in [0.5, 0.6) is 5.75 Å². The number of nitrogens with zero attached hydrogens (tertiary/aromatic N) is 1. The molecule has 2 aromatic carbocycles. The molecule has 0 bridgehead atoms. The lowest BCUT2D eigenvalue weighted by Crippen LogP contribution is -2.32. The molecule has 0 atom stereocenters. The lowest BCUT2D eigenvalue weighted by atomic mass is 10.2. The van der Waals surface area contributed by atoms with Gasteiger partial charge in [-0.2, -0.15) is 0 Å². The summed E-state index contributed by atoms with van der Waals surface area (Å²) < 4.78 is 10.5. The second-order valence-electron chi connectivity index (χ2n) is 7.27. The van der Waals surface area contributed by atoms with Crippen LogP contribution in [0, 0.1) is 6.92 Å². The number of rotatable bonds is 7. The summed E-state index contributed by atoms with van der Waals surface area (Å²) in [4.78, 5) is 39.1. The Morgan fingerprint density at radius 3 is 2.52 bits per heavy atom. The average molecular weight is 466 g/mol. The number of carbonyl (C=O) groups is 3. The first-order chi connectivity index (χ1) is 15.9. The van der Waals surface area contributed by atoms with E-state index in [9.17, 15) is 14.4 Å². The minimum Gasteiger partial charge on any atom is -0.495 e. The summed E-state index contributed by atoms with van der Waals surface area (Å²) in [6, 6.07) is 15.1. The minimum atomic E-state index is -0.651. The van der Waals surface area contributed by atoms with Crippen molar-refractivity contribution in [2.45, 2.75) is 13.5 Å². The first-order valence-corrected chi connectivity index (χ1v) is 10.4. The first-order valence-electron chi connectivity index (χ1n) is 10.00. The van der Waals surface area contributed by atoms with Crippen molar-refractivity contribution < 1.29 is 23.5 Å². The van der Waals surface area contributed by atoms with Crippen molar-refractivity contribution in [1.29, 1.82) is 0 Å². The number of benzene rings is 2. The smallest absolute Gasteiger partial charge is 0.283 e. The van der Waals surface area contributed by atoms with E-state index in [1.54, 1.807) is 48.5 Å². The highest BCUT2D eigenvalue weighted by Gasteiger charge is 2.40. The summed E-state index contributed by atoms with van der Waals surface area (Å²) in [5.74, 6) is -0.517. The van der Waals surface area contributed by atoms with Gasteiger partial charge >= 0.3 is 0 Å². The summed E-state index contributed by atoms with van der Waals surface area (Å²) in [5.41, 5.74) is 2.02. The van der Waals surface area contributed by atoms with Crippen molar-refractivity contribution in [2.75, 3.05) is 17.3 Å². The molecule has 0 saturated carbocycles. The van der Waals surface area contributed by atoms with Gasteiger partial charge in [-0.25, -0.2) is 4.90 Å². The number of hydrogen-bond acceptors (Lipinski definition) is 6. The Hall–Kier alpha value is -4.04. The second-order valence-corrected chi connectivity index (χ2v) is 7.65. The zero-order valence-electron chi connectivity index (χ0n) is 17.8. The van der Waals surface area contributed by atoms with Gasteiger partial charge in [-0.05, 0) is 61.0 Å². The largest absolute Gasteiger partial charge is 0.495 e. The van der Waals surface area contributed by atoms with Gasteiger partial charge in [0.2, 0.25) is 0 Å². The van der Waals surface area contributed by atoms with Crippen molar-refractivity contribution >= 4 is 40.7 Å². The van der Waals surface area contributed by atoms with E-state index in [0.29, 0.717) is 28.4 Å². The Kier molecular flexibility index (Phi) is 6.19. The molecule has 8 nitrogen and oxygen atoms in total. The molecule has 33 heavy (non-hydrogen) atoms. The van der Waals surface area contributed by atoms with Crippen molar-refractivity contribution in [3.63, 3.8) is 0 Å². The van der Waals surface area contributed by atoms with Gasteiger partial charge in [0, 0.05) is 11.3 Å². The summed E-state index contributed by atoms with van der Waals surface area (Å²) in [5, 5.41) is 5.41. The maximum Gasteiger partial charge on any atom is 0.283 e. The number of methoxy groups -OCH3 is 1. The van der Waals surface area contributed by atoms with Crippen LogP contribution in [0.2, 0.25) is 0 Å².